The molecule has 2 heterocycles. The molecule has 0 unspecified atom stereocenters. The van der Waals surface area contributed by atoms with E-state index < -0.39 is 0 Å². The molecule has 2 aromatic heterocycles. The Morgan fingerprint density at radius 1 is 1.15 bits per heavy atom. The third-order valence-electron chi connectivity index (χ3n) is 3.52. The molecule has 8 heteroatoms. The molecule has 3 aromatic rings. The molecule has 2 N–H and O–H groups in total. The number of halogens is 1. The number of hydrogen-bond acceptors (Lipinski definition) is 6. The van der Waals surface area contributed by atoms with E-state index in [1.807, 2.05) is 12.1 Å². The normalized spacial score (nSPS) is 10.2. The number of nitrogens with zero attached hydrogens (tertiary/aromatic N) is 3. The van der Waals surface area contributed by atoms with Crippen LogP contribution >= 0.6 is 11.6 Å². The van der Waals surface area contributed by atoms with Gasteiger partial charge in [-0.2, -0.15) is 0 Å². The highest BCUT2D eigenvalue weighted by atomic mass is 35.5. The molecule has 0 aliphatic rings. The van der Waals surface area contributed by atoms with E-state index in [4.69, 9.17) is 16.3 Å². The van der Waals surface area contributed by atoms with Gasteiger partial charge in [-0.25, -0.2) is 9.97 Å². The molecule has 26 heavy (non-hydrogen) atoms. The van der Waals surface area contributed by atoms with Crippen LogP contribution in [0.25, 0.3) is 0 Å². The number of benzene rings is 1. The highest BCUT2D eigenvalue weighted by molar-refractivity contribution is 6.32. The molecule has 0 radical (unpaired) electrons. The van der Waals surface area contributed by atoms with Crippen LogP contribution in [0.3, 0.4) is 0 Å². The van der Waals surface area contributed by atoms with E-state index in [1.165, 1.54) is 12.4 Å². The summed E-state index contributed by atoms with van der Waals surface area (Å²) in [7, 11) is 1.55. The summed E-state index contributed by atoms with van der Waals surface area (Å²) >= 11 is 6.09. The van der Waals surface area contributed by atoms with Crippen molar-refractivity contribution in [3.8, 4) is 5.75 Å². The summed E-state index contributed by atoms with van der Waals surface area (Å²) in [6.07, 6.45) is 6.28. The fraction of sp³-hybridized carbons (Fsp3) is 0.111. The van der Waals surface area contributed by atoms with Crippen LogP contribution in [-0.2, 0) is 6.54 Å². The molecule has 1 amide bonds. The molecule has 3 rings (SSSR count). The smallest absolute Gasteiger partial charge is 0.254 e. The van der Waals surface area contributed by atoms with E-state index in [0.717, 1.165) is 5.56 Å². The number of pyridine rings is 1. The van der Waals surface area contributed by atoms with Gasteiger partial charge in [-0.05, 0) is 35.9 Å². The van der Waals surface area contributed by atoms with Gasteiger partial charge in [0.05, 0.1) is 17.7 Å². The first-order valence-corrected chi connectivity index (χ1v) is 8.13. The van der Waals surface area contributed by atoms with Crippen molar-refractivity contribution >= 4 is 29.1 Å². The van der Waals surface area contributed by atoms with Crippen LogP contribution in [0.1, 0.15) is 15.9 Å². The van der Waals surface area contributed by atoms with E-state index in [-0.39, 0.29) is 5.91 Å². The minimum Gasteiger partial charge on any atom is -0.495 e. The van der Waals surface area contributed by atoms with Crippen molar-refractivity contribution in [1.82, 2.24) is 20.3 Å². The second-order valence-corrected chi connectivity index (χ2v) is 5.72. The first kappa shape index (κ1) is 17.6. The average molecular weight is 370 g/mol. The van der Waals surface area contributed by atoms with Crippen molar-refractivity contribution in [3.63, 3.8) is 0 Å². The predicted molar refractivity (Wildman–Crippen MR) is 98.7 cm³/mol. The first-order chi connectivity index (χ1) is 12.7. The number of nitrogens with one attached hydrogen (secondary N) is 2. The zero-order chi connectivity index (χ0) is 18.4. The van der Waals surface area contributed by atoms with Gasteiger partial charge in [0.1, 0.15) is 5.75 Å². The number of aromatic nitrogens is 3. The quantitative estimate of drug-likeness (QED) is 0.693. The van der Waals surface area contributed by atoms with Gasteiger partial charge in [-0.15, -0.1) is 0 Å². The van der Waals surface area contributed by atoms with Gasteiger partial charge in [-0.1, -0.05) is 11.6 Å². The molecule has 7 nitrogen and oxygen atoms in total. The van der Waals surface area contributed by atoms with E-state index in [0.29, 0.717) is 34.5 Å². The Kier molecular flexibility index (Phi) is 5.60. The maximum atomic E-state index is 12.1. The third-order valence-corrected chi connectivity index (χ3v) is 3.82. The highest BCUT2D eigenvalue weighted by Crippen LogP contribution is 2.28. The van der Waals surface area contributed by atoms with Crippen molar-refractivity contribution in [3.05, 3.63) is 71.3 Å². The van der Waals surface area contributed by atoms with Gasteiger partial charge in [0.25, 0.3) is 5.91 Å². The Bertz CT molecular complexity index is 888. The summed E-state index contributed by atoms with van der Waals surface area (Å²) in [4.78, 5) is 24.4. The van der Waals surface area contributed by atoms with Crippen LogP contribution < -0.4 is 15.4 Å². The maximum absolute atomic E-state index is 12.1. The molecule has 0 atom stereocenters. The Hall–Kier alpha value is -3.19. The van der Waals surface area contributed by atoms with Crippen LogP contribution in [0.4, 0.5) is 11.6 Å². The topological polar surface area (TPSA) is 89.0 Å². The number of hydrogen-bond donors (Lipinski definition) is 2. The second kappa shape index (κ2) is 8.26. The fourth-order valence-corrected chi connectivity index (χ4v) is 2.43. The number of carbonyl (C=O) groups excluding carboxylic acids is 1. The van der Waals surface area contributed by atoms with Crippen LogP contribution in [0, 0.1) is 0 Å². The molecule has 0 aliphatic carbocycles. The molecule has 132 valence electrons. The van der Waals surface area contributed by atoms with Crippen LogP contribution in [-0.4, -0.2) is 28.0 Å². The Balaban J connectivity index is 1.61. The van der Waals surface area contributed by atoms with Crippen molar-refractivity contribution in [1.29, 1.82) is 0 Å². The first-order valence-electron chi connectivity index (χ1n) is 7.75. The fourth-order valence-electron chi connectivity index (χ4n) is 2.17. The molecule has 0 spiro atoms. The van der Waals surface area contributed by atoms with E-state index in [1.54, 1.807) is 37.7 Å². The van der Waals surface area contributed by atoms with E-state index in [2.05, 4.69) is 25.6 Å². The average Bonchev–Trinajstić information content (AvgIpc) is 2.68. The number of amides is 1. The van der Waals surface area contributed by atoms with E-state index in [9.17, 15) is 4.79 Å². The summed E-state index contributed by atoms with van der Waals surface area (Å²) in [6, 6.07) is 8.92. The van der Waals surface area contributed by atoms with Gasteiger partial charge in [0.2, 0.25) is 5.95 Å². The van der Waals surface area contributed by atoms with Crippen LogP contribution in [0.15, 0.2) is 55.1 Å². The summed E-state index contributed by atoms with van der Waals surface area (Å²) < 4.78 is 5.11. The number of anilines is 2. The minimum absolute atomic E-state index is 0.249. The summed E-state index contributed by atoms with van der Waals surface area (Å²) in [5.41, 5.74) is 2.05. The highest BCUT2D eigenvalue weighted by Gasteiger charge is 2.08. The summed E-state index contributed by atoms with van der Waals surface area (Å²) in [5, 5.41) is 6.30. The Morgan fingerprint density at radius 2 is 1.88 bits per heavy atom. The molecule has 0 saturated carbocycles. The van der Waals surface area contributed by atoms with Gasteiger partial charge in [0.15, 0.2) is 0 Å². The number of carbonyl (C=O) groups is 1. The van der Waals surface area contributed by atoms with Crippen molar-refractivity contribution in [2.45, 2.75) is 6.54 Å². The molecule has 0 aliphatic heterocycles. The predicted octanol–water partition coefficient (Wildman–Crippen LogP) is 3.21. The lowest BCUT2D eigenvalue weighted by Gasteiger charge is -2.08. The lowest BCUT2D eigenvalue weighted by Crippen LogP contribution is -2.23. The maximum Gasteiger partial charge on any atom is 0.254 e. The minimum atomic E-state index is -0.249. The van der Waals surface area contributed by atoms with E-state index >= 15 is 0 Å². The number of methoxy groups -OCH3 is 1. The Morgan fingerprint density at radius 3 is 2.54 bits per heavy atom. The monoisotopic (exact) mass is 369 g/mol. The van der Waals surface area contributed by atoms with Crippen molar-refractivity contribution < 1.29 is 9.53 Å². The molecular formula is C18H16ClN5O2. The second-order valence-electron chi connectivity index (χ2n) is 5.31. The summed E-state index contributed by atoms with van der Waals surface area (Å²) in [5.74, 6) is 0.692. The lowest BCUT2D eigenvalue weighted by atomic mass is 10.2. The van der Waals surface area contributed by atoms with Crippen molar-refractivity contribution in [2.75, 3.05) is 12.4 Å². The Labute approximate surface area is 155 Å². The van der Waals surface area contributed by atoms with Crippen LogP contribution in [0.2, 0.25) is 5.02 Å². The number of ether oxygens (including phenoxy) is 1. The zero-order valence-electron chi connectivity index (χ0n) is 13.9. The van der Waals surface area contributed by atoms with Gasteiger partial charge in [-0.3, -0.25) is 9.78 Å². The standard InChI is InChI=1S/C18H16ClN5O2/c1-26-16-3-2-14(8-15(16)19)24-18-22-10-13(11-23-18)17(25)21-9-12-4-6-20-7-5-12/h2-8,10-11H,9H2,1H3,(H,21,25)(H,22,23,24). The molecular weight excluding hydrogens is 354 g/mol. The van der Waals surface area contributed by atoms with Crippen LogP contribution in [0.5, 0.6) is 5.75 Å². The molecule has 0 bridgehead atoms. The molecule has 0 saturated heterocycles. The molecule has 0 fully saturated rings. The third kappa shape index (κ3) is 4.46. The van der Waals surface area contributed by atoms with Gasteiger partial charge >= 0.3 is 0 Å². The van der Waals surface area contributed by atoms with Crippen molar-refractivity contribution in [2.24, 2.45) is 0 Å². The SMILES string of the molecule is COc1ccc(Nc2ncc(C(=O)NCc3ccncc3)cn2)cc1Cl. The number of rotatable bonds is 6. The largest absolute Gasteiger partial charge is 0.495 e. The van der Waals surface area contributed by atoms with Gasteiger partial charge in [0, 0.05) is 37.0 Å². The summed E-state index contributed by atoms with van der Waals surface area (Å²) in [6.45, 7) is 0.408. The lowest BCUT2D eigenvalue weighted by molar-refractivity contribution is 0.0950. The zero-order valence-corrected chi connectivity index (χ0v) is 14.7. The molecule has 1 aromatic carbocycles. The van der Waals surface area contributed by atoms with Gasteiger partial charge < -0.3 is 15.4 Å².